The average Bonchev–Trinajstić information content (AvgIpc) is 3.27. The van der Waals surface area contributed by atoms with E-state index in [1.54, 1.807) is 19.2 Å². The third-order valence-electron chi connectivity index (χ3n) is 3.43. The van der Waals surface area contributed by atoms with Gasteiger partial charge in [-0.05, 0) is 25.3 Å². The first kappa shape index (κ1) is 14.3. The minimum Gasteiger partial charge on any atom is -0.382 e. The van der Waals surface area contributed by atoms with Crippen LogP contribution < -0.4 is 5.32 Å². The van der Waals surface area contributed by atoms with E-state index in [9.17, 15) is 14.9 Å². The Morgan fingerprint density at radius 1 is 1.50 bits per heavy atom. The summed E-state index contributed by atoms with van der Waals surface area (Å²) < 4.78 is 0. The van der Waals surface area contributed by atoms with Crippen molar-refractivity contribution in [2.24, 2.45) is 0 Å². The fourth-order valence-corrected chi connectivity index (χ4v) is 2.37. The Balaban J connectivity index is 2.37. The Morgan fingerprint density at radius 2 is 2.20 bits per heavy atom. The van der Waals surface area contributed by atoms with E-state index in [2.05, 4.69) is 5.32 Å². The van der Waals surface area contributed by atoms with Gasteiger partial charge in [0.25, 0.3) is 11.6 Å². The maximum atomic E-state index is 12.6. The molecule has 6 nitrogen and oxygen atoms in total. The van der Waals surface area contributed by atoms with E-state index in [0.717, 1.165) is 19.3 Å². The zero-order chi connectivity index (χ0) is 14.7. The molecule has 2 rings (SSSR count). The lowest BCUT2D eigenvalue weighted by atomic mass is 10.1. The Hall–Kier alpha value is -2.11. The van der Waals surface area contributed by atoms with Crippen LogP contribution in [-0.2, 0) is 0 Å². The minimum atomic E-state index is -0.468. The highest BCUT2D eigenvalue weighted by atomic mass is 16.6. The first-order valence-corrected chi connectivity index (χ1v) is 6.86. The topological polar surface area (TPSA) is 75.5 Å². The molecule has 1 aromatic rings. The van der Waals surface area contributed by atoms with E-state index in [1.165, 1.54) is 6.07 Å². The molecule has 0 saturated heterocycles. The summed E-state index contributed by atoms with van der Waals surface area (Å²) >= 11 is 0. The number of hydrogen-bond acceptors (Lipinski definition) is 4. The van der Waals surface area contributed by atoms with Gasteiger partial charge in [0.05, 0.1) is 10.5 Å². The molecule has 1 amide bonds. The van der Waals surface area contributed by atoms with Crippen molar-refractivity contribution in [3.05, 3.63) is 33.9 Å². The van der Waals surface area contributed by atoms with Crippen molar-refractivity contribution in [2.45, 2.75) is 32.2 Å². The average molecular weight is 277 g/mol. The van der Waals surface area contributed by atoms with Gasteiger partial charge in [-0.2, -0.15) is 0 Å². The van der Waals surface area contributed by atoms with Gasteiger partial charge in [0, 0.05) is 25.7 Å². The molecule has 20 heavy (non-hydrogen) atoms. The van der Waals surface area contributed by atoms with Crippen LogP contribution >= 0.6 is 0 Å². The molecule has 0 bridgehead atoms. The van der Waals surface area contributed by atoms with Crippen LogP contribution in [0.15, 0.2) is 18.2 Å². The van der Waals surface area contributed by atoms with Gasteiger partial charge in [-0.1, -0.05) is 13.0 Å². The van der Waals surface area contributed by atoms with Crippen LogP contribution in [0.5, 0.6) is 0 Å². The molecule has 0 spiro atoms. The van der Waals surface area contributed by atoms with Gasteiger partial charge < -0.3 is 10.2 Å². The highest BCUT2D eigenvalue weighted by Gasteiger charge is 2.34. The zero-order valence-electron chi connectivity index (χ0n) is 11.8. The molecule has 0 aliphatic heterocycles. The van der Waals surface area contributed by atoms with Crippen LogP contribution in [0.25, 0.3) is 0 Å². The van der Waals surface area contributed by atoms with E-state index in [1.807, 2.05) is 11.8 Å². The number of nitrogens with zero attached hydrogens (tertiary/aromatic N) is 2. The molecular weight excluding hydrogens is 258 g/mol. The van der Waals surface area contributed by atoms with Crippen molar-refractivity contribution in [3.8, 4) is 0 Å². The monoisotopic (exact) mass is 277 g/mol. The number of nitro groups is 1. The number of amides is 1. The van der Waals surface area contributed by atoms with E-state index >= 15 is 0 Å². The number of carbonyl (C=O) groups is 1. The Bertz CT molecular complexity index is 526. The smallest absolute Gasteiger partial charge is 0.293 e. The summed E-state index contributed by atoms with van der Waals surface area (Å²) in [7, 11) is 1.60. The van der Waals surface area contributed by atoms with Crippen LogP contribution in [0.1, 0.15) is 36.5 Å². The molecule has 0 radical (unpaired) electrons. The molecule has 1 aliphatic rings. The SMILES string of the molecule is CCCN(C(=O)c1cccc([N+](=O)[O-])c1NC)C1CC1. The molecule has 0 unspecified atom stereocenters. The summed E-state index contributed by atoms with van der Waals surface area (Å²) in [4.78, 5) is 25.0. The minimum absolute atomic E-state index is 0.0643. The highest BCUT2D eigenvalue weighted by Crippen LogP contribution is 2.33. The summed E-state index contributed by atoms with van der Waals surface area (Å²) in [6.45, 7) is 2.71. The third kappa shape index (κ3) is 2.74. The van der Waals surface area contributed by atoms with Gasteiger partial charge in [-0.25, -0.2) is 0 Å². The predicted molar refractivity (Wildman–Crippen MR) is 77.0 cm³/mol. The van der Waals surface area contributed by atoms with Crippen molar-refractivity contribution in [1.29, 1.82) is 0 Å². The van der Waals surface area contributed by atoms with Crippen molar-refractivity contribution in [3.63, 3.8) is 0 Å². The van der Waals surface area contributed by atoms with Gasteiger partial charge in [0.15, 0.2) is 0 Å². The van der Waals surface area contributed by atoms with Crippen molar-refractivity contribution >= 4 is 17.3 Å². The molecule has 0 aromatic heterocycles. The number of para-hydroxylation sites is 1. The van der Waals surface area contributed by atoms with E-state index < -0.39 is 4.92 Å². The number of hydrogen-bond donors (Lipinski definition) is 1. The van der Waals surface area contributed by atoms with Crippen molar-refractivity contribution in [2.75, 3.05) is 18.9 Å². The second-order valence-corrected chi connectivity index (χ2v) is 4.94. The Labute approximate surface area is 117 Å². The van der Waals surface area contributed by atoms with E-state index in [4.69, 9.17) is 0 Å². The van der Waals surface area contributed by atoms with Gasteiger partial charge in [0.2, 0.25) is 0 Å². The number of benzene rings is 1. The van der Waals surface area contributed by atoms with Crippen LogP contribution in [0.4, 0.5) is 11.4 Å². The lowest BCUT2D eigenvalue weighted by Gasteiger charge is -2.23. The summed E-state index contributed by atoms with van der Waals surface area (Å²) in [5.41, 5.74) is 0.608. The molecule has 108 valence electrons. The van der Waals surface area contributed by atoms with Crippen LogP contribution in [0.2, 0.25) is 0 Å². The first-order valence-electron chi connectivity index (χ1n) is 6.86. The maximum Gasteiger partial charge on any atom is 0.293 e. The second kappa shape index (κ2) is 5.90. The lowest BCUT2D eigenvalue weighted by Crippen LogP contribution is -2.34. The van der Waals surface area contributed by atoms with Crippen LogP contribution in [0, 0.1) is 10.1 Å². The van der Waals surface area contributed by atoms with Gasteiger partial charge in [-0.15, -0.1) is 0 Å². The molecular formula is C14H19N3O3. The van der Waals surface area contributed by atoms with E-state index in [-0.39, 0.29) is 11.6 Å². The van der Waals surface area contributed by atoms with Gasteiger partial charge in [-0.3, -0.25) is 14.9 Å². The number of nitro benzene ring substituents is 1. The van der Waals surface area contributed by atoms with Crippen molar-refractivity contribution < 1.29 is 9.72 Å². The standard InChI is InChI=1S/C14H19N3O3/c1-3-9-16(10-7-8-10)14(18)11-5-4-6-12(17(19)20)13(11)15-2/h4-6,10,15H,3,7-9H2,1-2H3. The molecule has 1 saturated carbocycles. The fourth-order valence-electron chi connectivity index (χ4n) is 2.37. The quantitative estimate of drug-likeness (QED) is 0.640. The molecule has 1 fully saturated rings. The number of carbonyl (C=O) groups excluding carboxylic acids is 1. The first-order chi connectivity index (χ1) is 9.60. The molecule has 6 heteroatoms. The second-order valence-electron chi connectivity index (χ2n) is 4.94. The summed E-state index contributed by atoms with van der Waals surface area (Å²) in [6, 6.07) is 4.91. The molecule has 1 aromatic carbocycles. The predicted octanol–water partition coefficient (Wildman–Crippen LogP) is 2.65. The normalized spacial score (nSPS) is 13.9. The Morgan fingerprint density at radius 3 is 2.70 bits per heavy atom. The number of nitrogens with one attached hydrogen (secondary N) is 1. The van der Waals surface area contributed by atoms with E-state index in [0.29, 0.717) is 23.8 Å². The highest BCUT2D eigenvalue weighted by molar-refractivity contribution is 6.01. The number of rotatable bonds is 6. The molecule has 1 N–H and O–H groups in total. The van der Waals surface area contributed by atoms with Crippen LogP contribution in [0.3, 0.4) is 0 Å². The van der Waals surface area contributed by atoms with Gasteiger partial charge >= 0.3 is 0 Å². The maximum absolute atomic E-state index is 12.6. The molecule has 1 aliphatic carbocycles. The lowest BCUT2D eigenvalue weighted by molar-refractivity contribution is -0.384. The molecule has 0 atom stereocenters. The summed E-state index contributed by atoms with van der Waals surface area (Å²) in [6.07, 6.45) is 2.93. The molecule has 0 heterocycles. The van der Waals surface area contributed by atoms with Crippen LogP contribution in [-0.4, -0.2) is 35.4 Å². The third-order valence-corrected chi connectivity index (χ3v) is 3.43. The van der Waals surface area contributed by atoms with Crippen molar-refractivity contribution in [1.82, 2.24) is 4.90 Å². The van der Waals surface area contributed by atoms with Gasteiger partial charge in [0.1, 0.15) is 5.69 Å². The summed E-state index contributed by atoms with van der Waals surface area (Å²) in [5.74, 6) is -0.123. The zero-order valence-corrected chi connectivity index (χ0v) is 11.8. The Kier molecular flexibility index (Phi) is 4.22. The number of anilines is 1. The summed E-state index contributed by atoms with van der Waals surface area (Å²) in [5, 5.41) is 13.8. The fraction of sp³-hybridized carbons (Fsp3) is 0.500. The largest absolute Gasteiger partial charge is 0.382 e.